The average molecular weight is 379 g/mol. The Bertz CT molecular complexity index is 731. The first-order chi connectivity index (χ1) is 11.1. The van der Waals surface area contributed by atoms with Crippen molar-refractivity contribution in [2.45, 2.75) is 38.0 Å². The fraction of sp³-hybridized carbons (Fsp3) is 0.533. The van der Waals surface area contributed by atoms with Crippen molar-refractivity contribution in [1.29, 1.82) is 0 Å². The largest absolute Gasteiger partial charge is 0.506 e. The molecule has 1 amide bonds. The molecule has 0 aromatic heterocycles. The van der Waals surface area contributed by atoms with Gasteiger partial charge in [-0.25, -0.2) is 17.1 Å². The normalized spacial score (nSPS) is 17.2. The molecule has 2 N–H and O–H groups in total. The van der Waals surface area contributed by atoms with Crippen molar-refractivity contribution < 1.29 is 22.7 Å². The summed E-state index contributed by atoms with van der Waals surface area (Å²) in [4.78, 5) is 12.2. The summed E-state index contributed by atoms with van der Waals surface area (Å²) < 4.78 is 39.0. The second kappa shape index (κ2) is 7.25. The van der Waals surface area contributed by atoms with E-state index in [1.165, 1.54) is 4.31 Å². The number of nitrogens with zero attached hydrogens (tertiary/aromatic N) is 1. The van der Waals surface area contributed by atoms with Crippen LogP contribution in [0.2, 0.25) is 5.02 Å². The summed E-state index contributed by atoms with van der Waals surface area (Å²) in [6.45, 7) is 3.86. The smallest absolute Gasteiger partial charge is 0.255 e. The Balaban J connectivity index is 2.01. The number of phenols is 1. The molecule has 0 bridgehead atoms. The van der Waals surface area contributed by atoms with Crippen LogP contribution in [-0.2, 0) is 10.0 Å². The highest BCUT2D eigenvalue weighted by molar-refractivity contribution is 7.89. The number of rotatable bonds is 4. The molecule has 0 atom stereocenters. The van der Waals surface area contributed by atoms with E-state index in [1.807, 2.05) is 0 Å². The number of nitrogens with one attached hydrogen (secondary N) is 1. The number of sulfonamides is 1. The number of carbonyl (C=O) groups excluding carboxylic acids is 1. The molecule has 134 valence electrons. The lowest BCUT2D eigenvalue weighted by molar-refractivity contribution is 0.0920. The second-order valence-electron chi connectivity index (χ2n) is 6.02. The van der Waals surface area contributed by atoms with Crippen molar-refractivity contribution in [1.82, 2.24) is 9.62 Å². The highest BCUT2D eigenvalue weighted by atomic mass is 35.5. The van der Waals surface area contributed by atoms with E-state index in [1.54, 1.807) is 13.8 Å². The number of phenolic OH excluding ortho intramolecular Hbond substituents is 1. The molecule has 1 heterocycles. The van der Waals surface area contributed by atoms with Crippen molar-refractivity contribution >= 4 is 27.5 Å². The highest BCUT2D eigenvalue weighted by Crippen LogP contribution is 2.29. The highest BCUT2D eigenvalue weighted by Gasteiger charge is 2.31. The van der Waals surface area contributed by atoms with E-state index in [9.17, 15) is 22.7 Å². The average Bonchev–Trinajstić information content (AvgIpc) is 2.51. The van der Waals surface area contributed by atoms with Crippen LogP contribution in [0, 0.1) is 5.82 Å². The molecule has 1 aromatic rings. The minimum Gasteiger partial charge on any atom is -0.506 e. The van der Waals surface area contributed by atoms with Crippen LogP contribution in [0.1, 0.15) is 37.0 Å². The lowest BCUT2D eigenvalue weighted by Gasteiger charge is -2.32. The molecule has 1 aliphatic rings. The monoisotopic (exact) mass is 378 g/mol. The van der Waals surface area contributed by atoms with Crippen LogP contribution in [0.4, 0.5) is 4.39 Å². The fourth-order valence-electron chi connectivity index (χ4n) is 2.55. The molecule has 0 unspecified atom stereocenters. The number of halogens is 2. The molecule has 0 aliphatic carbocycles. The molecular weight excluding hydrogens is 359 g/mol. The van der Waals surface area contributed by atoms with Gasteiger partial charge in [-0.1, -0.05) is 11.6 Å². The summed E-state index contributed by atoms with van der Waals surface area (Å²) in [5.41, 5.74) is -0.239. The van der Waals surface area contributed by atoms with Crippen molar-refractivity contribution in [3.63, 3.8) is 0 Å². The predicted molar refractivity (Wildman–Crippen MR) is 89.2 cm³/mol. The van der Waals surface area contributed by atoms with E-state index in [0.29, 0.717) is 25.9 Å². The molecule has 1 aliphatic heterocycles. The van der Waals surface area contributed by atoms with Crippen molar-refractivity contribution in [2.24, 2.45) is 0 Å². The zero-order chi connectivity index (χ0) is 18.1. The van der Waals surface area contributed by atoms with Gasteiger partial charge in [-0.05, 0) is 38.8 Å². The number of piperidine rings is 1. The zero-order valence-corrected chi connectivity index (χ0v) is 15.0. The molecule has 0 spiro atoms. The summed E-state index contributed by atoms with van der Waals surface area (Å²) in [6.07, 6.45) is 0.892. The van der Waals surface area contributed by atoms with Gasteiger partial charge in [0.05, 0.1) is 15.8 Å². The molecule has 1 fully saturated rings. The third-order valence-corrected chi connectivity index (χ3v) is 6.58. The first-order valence-electron chi connectivity index (χ1n) is 7.60. The SMILES string of the molecule is CC(C)S(=O)(=O)N1CCC(NC(=O)c2cc(F)cc(Cl)c2O)CC1. The standard InChI is InChI=1S/C15H20ClFN2O4S/c1-9(2)24(22,23)19-5-3-11(4-6-19)18-15(21)12-7-10(17)8-13(16)14(12)20/h7-9,11,20H,3-6H2,1-2H3,(H,18,21). The van der Waals surface area contributed by atoms with Crippen LogP contribution in [0.5, 0.6) is 5.75 Å². The van der Waals surface area contributed by atoms with Gasteiger partial charge < -0.3 is 10.4 Å². The Labute approximate surface area is 145 Å². The third kappa shape index (κ3) is 3.99. The predicted octanol–water partition coefficient (Wildman–Crippen LogP) is 2.12. The summed E-state index contributed by atoms with van der Waals surface area (Å²) in [7, 11) is -3.31. The molecule has 6 nitrogen and oxygen atoms in total. The molecule has 0 radical (unpaired) electrons. The molecule has 2 rings (SSSR count). The van der Waals surface area contributed by atoms with Crippen LogP contribution in [-0.4, -0.2) is 48.1 Å². The van der Waals surface area contributed by atoms with Gasteiger partial charge in [-0.15, -0.1) is 0 Å². The van der Waals surface area contributed by atoms with E-state index < -0.39 is 32.7 Å². The van der Waals surface area contributed by atoms with Crippen molar-refractivity contribution in [3.8, 4) is 5.75 Å². The summed E-state index contributed by atoms with van der Waals surface area (Å²) in [5, 5.41) is 11.7. The quantitative estimate of drug-likeness (QED) is 0.840. The van der Waals surface area contributed by atoms with Crippen LogP contribution in [0.25, 0.3) is 0 Å². The fourth-order valence-corrected chi connectivity index (χ4v) is 4.08. The lowest BCUT2D eigenvalue weighted by atomic mass is 10.1. The van der Waals surface area contributed by atoms with Crippen LogP contribution in [0.15, 0.2) is 12.1 Å². The minimum atomic E-state index is -3.31. The molecule has 9 heteroatoms. The van der Waals surface area contributed by atoms with Crippen LogP contribution >= 0.6 is 11.6 Å². The molecule has 24 heavy (non-hydrogen) atoms. The Morgan fingerprint density at radius 1 is 1.38 bits per heavy atom. The Kier molecular flexibility index (Phi) is 5.72. The number of benzene rings is 1. The topological polar surface area (TPSA) is 86.7 Å². The van der Waals surface area contributed by atoms with Gasteiger partial charge >= 0.3 is 0 Å². The summed E-state index contributed by atoms with van der Waals surface area (Å²) in [6, 6.07) is 1.58. The maximum Gasteiger partial charge on any atom is 0.255 e. The van der Waals surface area contributed by atoms with E-state index in [2.05, 4.69) is 5.32 Å². The third-order valence-electron chi connectivity index (χ3n) is 4.02. The van der Waals surface area contributed by atoms with Crippen LogP contribution < -0.4 is 5.32 Å². The van der Waals surface area contributed by atoms with Gasteiger partial charge in [0.15, 0.2) is 0 Å². The number of carbonyl (C=O) groups is 1. The van der Waals surface area contributed by atoms with E-state index in [-0.39, 0.29) is 16.6 Å². The van der Waals surface area contributed by atoms with E-state index >= 15 is 0 Å². The Morgan fingerprint density at radius 2 is 1.96 bits per heavy atom. The Morgan fingerprint density at radius 3 is 2.50 bits per heavy atom. The zero-order valence-electron chi connectivity index (χ0n) is 13.4. The number of amides is 1. The van der Waals surface area contributed by atoms with Crippen molar-refractivity contribution in [3.05, 3.63) is 28.5 Å². The van der Waals surface area contributed by atoms with E-state index in [0.717, 1.165) is 12.1 Å². The molecule has 0 saturated carbocycles. The molecule has 1 aromatic carbocycles. The number of hydrogen-bond donors (Lipinski definition) is 2. The van der Waals surface area contributed by atoms with Gasteiger partial charge in [0.2, 0.25) is 10.0 Å². The van der Waals surface area contributed by atoms with E-state index in [4.69, 9.17) is 11.6 Å². The maximum atomic E-state index is 13.4. The lowest BCUT2D eigenvalue weighted by Crippen LogP contribution is -2.48. The maximum absolute atomic E-state index is 13.4. The summed E-state index contributed by atoms with van der Waals surface area (Å²) >= 11 is 5.66. The summed E-state index contributed by atoms with van der Waals surface area (Å²) in [5.74, 6) is -1.84. The second-order valence-corrected chi connectivity index (χ2v) is 8.92. The first-order valence-corrected chi connectivity index (χ1v) is 9.49. The van der Waals surface area contributed by atoms with Gasteiger partial charge in [0.1, 0.15) is 11.6 Å². The molecular formula is C15H20ClFN2O4S. The Hall–Kier alpha value is -1.38. The van der Waals surface area contributed by atoms with Gasteiger partial charge in [0.25, 0.3) is 5.91 Å². The number of hydrogen-bond acceptors (Lipinski definition) is 4. The first kappa shape index (κ1) is 19.0. The van der Waals surface area contributed by atoms with Gasteiger partial charge in [0, 0.05) is 19.1 Å². The minimum absolute atomic E-state index is 0.238. The van der Waals surface area contributed by atoms with Crippen LogP contribution in [0.3, 0.4) is 0 Å². The molecule has 1 saturated heterocycles. The van der Waals surface area contributed by atoms with Gasteiger partial charge in [-0.2, -0.15) is 0 Å². The van der Waals surface area contributed by atoms with Crippen molar-refractivity contribution in [2.75, 3.05) is 13.1 Å². The van der Waals surface area contributed by atoms with Gasteiger partial charge in [-0.3, -0.25) is 4.79 Å². The number of aromatic hydroxyl groups is 1.